The number of piperidine rings is 1. The van der Waals surface area contributed by atoms with Gasteiger partial charge in [0.15, 0.2) is 17.5 Å². The van der Waals surface area contributed by atoms with Gasteiger partial charge in [0.25, 0.3) is 0 Å². The van der Waals surface area contributed by atoms with Crippen molar-refractivity contribution in [3.63, 3.8) is 0 Å². The van der Waals surface area contributed by atoms with Gasteiger partial charge in [-0.25, -0.2) is 0 Å². The van der Waals surface area contributed by atoms with Gasteiger partial charge in [-0.15, -0.1) is 24.0 Å². The average molecular weight is 541 g/mol. The topological polar surface area (TPSA) is 58.1 Å². The molecule has 6 nitrogen and oxygen atoms in total. The molecule has 26 heavy (non-hydrogen) atoms. The largest absolute Gasteiger partial charge is 0.493 e. The monoisotopic (exact) mass is 540 g/mol. The van der Waals surface area contributed by atoms with Crippen molar-refractivity contribution in [1.29, 1.82) is 0 Å². The van der Waals surface area contributed by atoms with Crippen LogP contribution < -0.4 is 20.1 Å². The maximum atomic E-state index is 5.39. The molecule has 148 valence electrons. The molecule has 0 aliphatic carbocycles. The molecular weight excluding hydrogens is 511 g/mol. The fourth-order valence-corrected chi connectivity index (χ4v) is 3.65. The van der Waals surface area contributed by atoms with Crippen molar-refractivity contribution in [3.05, 3.63) is 22.2 Å². The van der Waals surface area contributed by atoms with Crippen molar-refractivity contribution >= 4 is 45.9 Å². The Bertz CT molecular complexity index is 581. The minimum atomic E-state index is 0. The van der Waals surface area contributed by atoms with E-state index in [9.17, 15) is 0 Å². The van der Waals surface area contributed by atoms with Crippen molar-refractivity contribution in [2.45, 2.75) is 25.8 Å². The predicted octanol–water partition coefficient (Wildman–Crippen LogP) is 3.24. The summed E-state index contributed by atoms with van der Waals surface area (Å²) in [6, 6.07) is 3.99. The van der Waals surface area contributed by atoms with Crippen LogP contribution in [0.15, 0.2) is 21.6 Å². The molecule has 2 rings (SSSR count). The third-order valence-electron chi connectivity index (χ3n) is 4.35. The van der Waals surface area contributed by atoms with Gasteiger partial charge in [0, 0.05) is 26.7 Å². The Morgan fingerprint density at radius 1 is 1.15 bits per heavy atom. The summed E-state index contributed by atoms with van der Waals surface area (Å²) in [5, 5.41) is 6.72. The maximum Gasteiger partial charge on any atom is 0.191 e. The number of nitrogens with zero attached hydrogens (tertiary/aromatic N) is 2. The van der Waals surface area contributed by atoms with Crippen molar-refractivity contribution in [2.24, 2.45) is 4.99 Å². The van der Waals surface area contributed by atoms with Gasteiger partial charge in [-0.1, -0.05) is 6.42 Å². The zero-order valence-electron chi connectivity index (χ0n) is 15.8. The van der Waals surface area contributed by atoms with Crippen LogP contribution in [0.1, 0.15) is 24.8 Å². The number of guanidine groups is 1. The standard InChI is InChI=1S/C18H29BrN4O2.HI/c1-20-18(21-7-10-23-8-5-4-6-9-23)22-13-14-11-15(19)17(25-3)16(12-14)24-2;/h11-12H,4-10,13H2,1-3H3,(H2,20,21,22);1H. The number of ether oxygens (including phenoxy) is 2. The fourth-order valence-electron chi connectivity index (χ4n) is 3.00. The normalized spacial score (nSPS) is 15.2. The second-order valence-electron chi connectivity index (χ2n) is 6.07. The SMILES string of the molecule is CN=C(NCCN1CCCCC1)NCc1cc(Br)c(OC)c(OC)c1.I. The first-order valence-corrected chi connectivity index (χ1v) is 9.54. The molecule has 8 heteroatoms. The number of halogens is 2. The summed E-state index contributed by atoms with van der Waals surface area (Å²) >= 11 is 3.52. The minimum Gasteiger partial charge on any atom is -0.493 e. The Morgan fingerprint density at radius 2 is 1.88 bits per heavy atom. The van der Waals surface area contributed by atoms with Gasteiger partial charge in [-0.2, -0.15) is 0 Å². The van der Waals surface area contributed by atoms with Gasteiger partial charge < -0.3 is 25.0 Å². The Kier molecular flexibility index (Phi) is 11.3. The number of methoxy groups -OCH3 is 2. The second-order valence-corrected chi connectivity index (χ2v) is 6.92. The van der Waals surface area contributed by atoms with Gasteiger partial charge in [-0.05, 0) is 59.6 Å². The first-order valence-electron chi connectivity index (χ1n) is 8.75. The number of aliphatic imine (C=N–C) groups is 1. The highest BCUT2D eigenvalue weighted by Gasteiger charge is 2.11. The lowest BCUT2D eigenvalue weighted by atomic mass is 10.1. The number of benzene rings is 1. The van der Waals surface area contributed by atoms with E-state index in [4.69, 9.17) is 9.47 Å². The molecule has 0 atom stereocenters. The number of hydrogen-bond acceptors (Lipinski definition) is 4. The lowest BCUT2D eigenvalue weighted by molar-refractivity contribution is 0.232. The third-order valence-corrected chi connectivity index (χ3v) is 4.94. The Hall–Kier alpha value is -0.740. The van der Waals surface area contributed by atoms with E-state index in [0.29, 0.717) is 18.0 Å². The number of nitrogens with one attached hydrogen (secondary N) is 2. The maximum absolute atomic E-state index is 5.39. The Morgan fingerprint density at radius 3 is 2.50 bits per heavy atom. The molecule has 1 aliphatic rings. The van der Waals surface area contributed by atoms with Crippen molar-refractivity contribution in [1.82, 2.24) is 15.5 Å². The van der Waals surface area contributed by atoms with Crippen molar-refractivity contribution < 1.29 is 9.47 Å². The predicted molar refractivity (Wildman–Crippen MR) is 121 cm³/mol. The number of hydrogen-bond donors (Lipinski definition) is 2. The van der Waals surface area contributed by atoms with Crippen LogP contribution in [0, 0.1) is 0 Å². The smallest absolute Gasteiger partial charge is 0.191 e. The molecule has 1 aromatic carbocycles. The first-order chi connectivity index (χ1) is 12.2. The van der Waals surface area contributed by atoms with Gasteiger partial charge in [0.1, 0.15) is 0 Å². The molecule has 1 aliphatic heterocycles. The van der Waals surface area contributed by atoms with Gasteiger partial charge >= 0.3 is 0 Å². The lowest BCUT2D eigenvalue weighted by Crippen LogP contribution is -2.42. The zero-order valence-corrected chi connectivity index (χ0v) is 19.7. The van der Waals surface area contributed by atoms with E-state index in [-0.39, 0.29) is 24.0 Å². The molecule has 0 saturated carbocycles. The molecule has 2 N–H and O–H groups in total. The van der Waals surface area contributed by atoms with Crippen LogP contribution in [0.3, 0.4) is 0 Å². The summed E-state index contributed by atoms with van der Waals surface area (Å²) < 4.78 is 11.6. The number of likely N-dealkylation sites (tertiary alicyclic amines) is 1. The van der Waals surface area contributed by atoms with E-state index >= 15 is 0 Å². The molecule has 1 aromatic rings. The van der Waals surface area contributed by atoms with Gasteiger partial charge in [0.2, 0.25) is 0 Å². The average Bonchev–Trinajstić information content (AvgIpc) is 2.64. The summed E-state index contributed by atoms with van der Waals surface area (Å²) in [6.45, 7) is 5.04. The van der Waals surface area contributed by atoms with Crippen LogP contribution in [-0.2, 0) is 6.54 Å². The molecule has 0 aromatic heterocycles. The molecular formula is C18H30BrIN4O2. The highest BCUT2D eigenvalue weighted by atomic mass is 127. The summed E-state index contributed by atoms with van der Waals surface area (Å²) in [5.74, 6) is 2.22. The van der Waals surface area contributed by atoms with E-state index in [1.165, 1.54) is 32.4 Å². The molecule has 0 bridgehead atoms. The van der Waals surface area contributed by atoms with Gasteiger partial charge in [-0.3, -0.25) is 4.99 Å². The molecule has 1 heterocycles. The van der Waals surface area contributed by atoms with E-state index in [1.807, 2.05) is 12.1 Å². The van der Waals surface area contributed by atoms with Crippen molar-refractivity contribution in [2.75, 3.05) is 47.4 Å². The minimum absolute atomic E-state index is 0. The Labute approximate surface area is 182 Å². The first kappa shape index (κ1) is 23.3. The fraction of sp³-hybridized carbons (Fsp3) is 0.611. The molecule has 0 radical (unpaired) electrons. The second kappa shape index (κ2) is 12.6. The summed E-state index contributed by atoms with van der Waals surface area (Å²) in [5.41, 5.74) is 1.09. The van der Waals surface area contributed by atoms with Crippen LogP contribution >= 0.6 is 39.9 Å². The Balaban J connectivity index is 0.00000338. The summed E-state index contributed by atoms with van der Waals surface area (Å²) in [7, 11) is 5.07. The number of rotatable bonds is 7. The van der Waals surface area contributed by atoms with Crippen LogP contribution in [0.4, 0.5) is 0 Å². The van der Waals surface area contributed by atoms with Gasteiger partial charge in [0.05, 0.1) is 18.7 Å². The summed E-state index contributed by atoms with van der Waals surface area (Å²) in [4.78, 5) is 6.80. The quantitative estimate of drug-likeness (QED) is 0.316. The molecule has 1 fully saturated rings. The van der Waals surface area contributed by atoms with E-state index < -0.39 is 0 Å². The van der Waals surface area contributed by atoms with E-state index in [1.54, 1.807) is 21.3 Å². The molecule has 1 saturated heterocycles. The summed E-state index contributed by atoms with van der Waals surface area (Å²) in [6.07, 6.45) is 4.01. The highest BCUT2D eigenvalue weighted by Crippen LogP contribution is 2.36. The third kappa shape index (κ3) is 7.11. The van der Waals surface area contributed by atoms with Crippen LogP contribution in [0.25, 0.3) is 0 Å². The van der Waals surface area contributed by atoms with E-state index in [2.05, 4.69) is 36.5 Å². The van der Waals surface area contributed by atoms with E-state index in [0.717, 1.165) is 29.1 Å². The zero-order chi connectivity index (χ0) is 18.1. The van der Waals surface area contributed by atoms with Crippen LogP contribution in [-0.4, -0.2) is 58.3 Å². The molecule has 0 unspecified atom stereocenters. The van der Waals surface area contributed by atoms with Crippen LogP contribution in [0.5, 0.6) is 11.5 Å². The molecule has 0 amide bonds. The van der Waals surface area contributed by atoms with Crippen LogP contribution in [0.2, 0.25) is 0 Å². The molecule has 0 spiro atoms. The van der Waals surface area contributed by atoms with Crippen molar-refractivity contribution in [3.8, 4) is 11.5 Å². The lowest BCUT2D eigenvalue weighted by Gasteiger charge is -2.26. The highest BCUT2D eigenvalue weighted by molar-refractivity contribution is 14.0.